The number of nitrogens with zero attached hydrogens (tertiary/aromatic N) is 1. The summed E-state index contributed by atoms with van der Waals surface area (Å²) in [5.74, 6) is -0.204. The smallest absolute Gasteiger partial charge is 0.406 e. The maximum absolute atomic E-state index is 12.1. The van der Waals surface area contributed by atoms with Crippen LogP contribution in [0.15, 0.2) is 24.3 Å². The summed E-state index contributed by atoms with van der Waals surface area (Å²) >= 11 is 0. The van der Waals surface area contributed by atoms with E-state index in [1.165, 1.54) is 12.1 Å². The zero-order valence-corrected chi connectivity index (χ0v) is 12.0. The number of benzene rings is 1. The highest BCUT2D eigenvalue weighted by Gasteiger charge is 2.31. The molecular weight excluding hydrogens is 283 g/mol. The average molecular weight is 303 g/mol. The Balaban J connectivity index is 1.94. The van der Waals surface area contributed by atoms with E-state index in [9.17, 15) is 18.3 Å². The lowest BCUT2D eigenvalue weighted by Crippen LogP contribution is -2.43. The summed E-state index contributed by atoms with van der Waals surface area (Å²) < 4.78 is 40.1. The summed E-state index contributed by atoms with van der Waals surface area (Å²) in [7, 11) is 0. The third kappa shape index (κ3) is 4.89. The number of likely N-dealkylation sites (tertiary alicyclic amines) is 1. The van der Waals surface area contributed by atoms with Crippen molar-refractivity contribution in [2.75, 3.05) is 19.7 Å². The standard InChI is InChI=1S/C15H20F3NO2/c1-14(11-20)7-2-8-19(10-14)9-12-3-5-13(6-4-12)21-15(16,17)18/h3-6,20H,2,7-11H2,1H3. The molecule has 0 bridgehead atoms. The molecule has 1 unspecified atom stereocenters. The Morgan fingerprint density at radius 1 is 1.29 bits per heavy atom. The topological polar surface area (TPSA) is 32.7 Å². The first kappa shape index (κ1) is 16.1. The number of aliphatic hydroxyl groups excluding tert-OH is 1. The van der Waals surface area contributed by atoms with Gasteiger partial charge in [0.1, 0.15) is 5.75 Å². The summed E-state index contributed by atoms with van der Waals surface area (Å²) in [4.78, 5) is 2.22. The molecule has 1 heterocycles. The molecule has 21 heavy (non-hydrogen) atoms. The normalized spacial score (nSPS) is 24.0. The van der Waals surface area contributed by atoms with E-state index in [2.05, 4.69) is 16.6 Å². The lowest BCUT2D eigenvalue weighted by molar-refractivity contribution is -0.274. The summed E-state index contributed by atoms with van der Waals surface area (Å²) in [6, 6.07) is 5.95. The molecule has 1 aromatic carbocycles. The molecule has 0 spiro atoms. The first-order valence-electron chi connectivity index (χ1n) is 6.98. The molecule has 1 N–H and O–H groups in total. The molecule has 0 radical (unpaired) electrons. The van der Waals surface area contributed by atoms with Crippen LogP contribution in [-0.4, -0.2) is 36.1 Å². The first-order valence-corrected chi connectivity index (χ1v) is 6.98. The molecule has 2 rings (SSSR count). The number of hydrogen-bond donors (Lipinski definition) is 1. The van der Waals surface area contributed by atoms with E-state index in [-0.39, 0.29) is 17.8 Å². The average Bonchev–Trinajstić information content (AvgIpc) is 2.40. The fourth-order valence-electron chi connectivity index (χ4n) is 2.75. The van der Waals surface area contributed by atoms with Gasteiger partial charge in [-0.15, -0.1) is 13.2 Å². The van der Waals surface area contributed by atoms with Crippen molar-refractivity contribution >= 4 is 0 Å². The number of alkyl halides is 3. The molecule has 0 aliphatic carbocycles. The fourth-order valence-corrected chi connectivity index (χ4v) is 2.75. The minimum Gasteiger partial charge on any atom is -0.406 e. The minimum atomic E-state index is -4.66. The molecule has 1 aliphatic heterocycles. The van der Waals surface area contributed by atoms with Crippen molar-refractivity contribution in [3.8, 4) is 5.75 Å². The van der Waals surface area contributed by atoms with Crippen molar-refractivity contribution < 1.29 is 23.0 Å². The monoisotopic (exact) mass is 303 g/mol. The highest BCUT2D eigenvalue weighted by atomic mass is 19.4. The number of ether oxygens (including phenoxy) is 1. The third-order valence-corrected chi connectivity index (χ3v) is 3.80. The number of halogens is 3. The Bertz CT molecular complexity index is 461. The summed E-state index contributed by atoms with van der Waals surface area (Å²) in [6.07, 6.45) is -2.64. The zero-order chi connectivity index (χ0) is 15.5. The minimum absolute atomic E-state index is 0.0857. The van der Waals surface area contributed by atoms with E-state index in [4.69, 9.17) is 0 Å². The van der Waals surface area contributed by atoms with Crippen LogP contribution < -0.4 is 4.74 Å². The van der Waals surface area contributed by atoms with Gasteiger partial charge in [0.05, 0.1) is 0 Å². The Labute approximate surface area is 122 Å². The highest BCUT2D eigenvalue weighted by Crippen LogP contribution is 2.30. The van der Waals surface area contributed by atoms with Gasteiger partial charge in [-0.05, 0) is 37.1 Å². The lowest BCUT2D eigenvalue weighted by atomic mass is 9.82. The van der Waals surface area contributed by atoms with Crippen LogP contribution in [-0.2, 0) is 6.54 Å². The number of piperidine rings is 1. The molecule has 6 heteroatoms. The SMILES string of the molecule is CC1(CO)CCCN(Cc2ccc(OC(F)(F)F)cc2)C1. The molecule has 1 fully saturated rings. The predicted molar refractivity (Wildman–Crippen MR) is 72.8 cm³/mol. The van der Waals surface area contributed by atoms with Crippen molar-refractivity contribution in [2.24, 2.45) is 5.41 Å². The van der Waals surface area contributed by atoms with Gasteiger partial charge >= 0.3 is 6.36 Å². The van der Waals surface area contributed by atoms with Crippen LogP contribution in [0, 0.1) is 5.41 Å². The van der Waals surface area contributed by atoms with Gasteiger partial charge in [0.15, 0.2) is 0 Å². The van der Waals surface area contributed by atoms with Gasteiger partial charge in [-0.2, -0.15) is 0 Å². The van der Waals surface area contributed by atoms with Crippen LogP contribution in [0.5, 0.6) is 5.75 Å². The molecule has 0 aromatic heterocycles. The molecule has 3 nitrogen and oxygen atoms in total. The lowest BCUT2D eigenvalue weighted by Gasteiger charge is -2.39. The van der Waals surface area contributed by atoms with Gasteiger partial charge in [-0.3, -0.25) is 4.90 Å². The van der Waals surface area contributed by atoms with Gasteiger partial charge < -0.3 is 9.84 Å². The van der Waals surface area contributed by atoms with E-state index >= 15 is 0 Å². The maximum Gasteiger partial charge on any atom is 0.573 e. The maximum atomic E-state index is 12.1. The van der Waals surface area contributed by atoms with Crippen LogP contribution in [0.4, 0.5) is 13.2 Å². The molecule has 1 saturated heterocycles. The van der Waals surface area contributed by atoms with Gasteiger partial charge in [-0.1, -0.05) is 19.1 Å². The number of hydrogen-bond acceptors (Lipinski definition) is 3. The van der Waals surface area contributed by atoms with Crippen molar-refractivity contribution in [3.63, 3.8) is 0 Å². The quantitative estimate of drug-likeness (QED) is 0.927. The molecular formula is C15H20F3NO2. The highest BCUT2D eigenvalue weighted by molar-refractivity contribution is 5.27. The largest absolute Gasteiger partial charge is 0.573 e. The molecule has 0 saturated carbocycles. The zero-order valence-electron chi connectivity index (χ0n) is 12.0. The molecule has 1 aromatic rings. The van der Waals surface area contributed by atoms with Crippen molar-refractivity contribution in [1.29, 1.82) is 0 Å². The Morgan fingerprint density at radius 2 is 1.95 bits per heavy atom. The van der Waals surface area contributed by atoms with Crippen LogP contribution in [0.1, 0.15) is 25.3 Å². The molecule has 118 valence electrons. The summed E-state index contributed by atoms with van der Waals surface area (Å²) in [5.41, 5.74) is 0.851. The fraction of sp³-hybridized carbons (Fsp3) is 0.600. The van der Waals surface area contributed by atoms with Gasteiger partial charge in [0, 0.05) is 25.1 Å². The van der Waals surface area contributed by atoms with Crippen LogP contribution in [0.25, 0.3) is 0 Å². The molecule has 0 amide bonds. The number of aliphatic hydroxyl groups is 1. The van der Waals surface area contributed by atoms with E-state index in [0.29, 0.717) is 6.54 Å². The summed E-state index contributed by atoms with van der Waals surface area (Å²) in [5, 5.41) is 9.43. The second-order valence-corrected chi connectivity index (χ2v) is 5.97. The predicted octanol–water partition coefficient (Wildman–Crippen LogP) is 3.18. The van der Waals surface area contributed by atoms with Crippen molar-refractivity contribution in [1.82, 2.24) is 4.90 Å². The Kier molecular flexibility index (Phi) is 4.78. The molecule has 1 aliphatic rings. The van der Waals surface area contributed by atoms with Gasteiger partial charge in [0.25, 0.3) is 0 Å². The van der Waals surface area contributed by atoms with E-state index in [1.807, 2.05) is 0 Å². The van der Waals surface area contributed by atoms with Crippen LogP contribution in [0.2, 0.25) is 0 Å². The van der Waals surface area contributed by atoms with Gasteiger partial charge in [-0.25, -0.2) is 0 Å². The second-order valence-electron chi connectivity index (χ2n) is 5.97. The van der Waals surface area contributed by atoms with Crippen molar-refractivity contribution in [3.05, 3.63) is 29.8 Å². The molecule has 1 atom stereocenters. The van der Waals surface area contributed by atoms with Gasteiger partial charge in [0.2, 0.25) is 0 Å². The van der Waals surface area contributed by atoms with E-state index in [1.54, 1.807) is 12.1 Å². The second kappa shape index (κ2) is 6.23. The Hall–Kier alpha value is -1.27. The van der Waals surface area contributed by atoms with Crippen LogP contribution >= 0.6 is 0 Å². The Morgan fingerprint density at radius 3 is 2.52 bits per heavy atom. The first-order chi connectivity index (χ1) is 9.80. The van der Waals surface area contributed by atoms with Crippen molar-refractivity contribution in [2.45, 2.75) is 32.7 Å². The third-order valence-electron chi connectivity index (χ3n) is 3.80. The number of rotatable bonds is 4. The van der Waals surface area contributed by atoms with Crippen LogP contribution in [0.3, 0.4) is 0 Å². The van der Waals surface area contributed by atoms with E-state index < -0.39 is 6.36 Å². The summed E-state index contributed by atoms with van der Waals surface area (Å²) in [6.45, 7) is 4.61. The van der Waals surface area contributed by atoms with E-state index in [0.717, 1.165) is 31.5 Å².